The van der Waals surface area contributed by atoms with Crippen molar-refractivity contribution in [2.24, 2.45) is 0 Å². The number of Topliss-reactive ketones (excluding diaryl/α,β-unsaturated/α-hetero) is 1. The highest BCUT2D eigenvalue weighted by Crippen LogP contribution is 2.24. The first-order valence-corrected chi connectivity index (χ1v) is 8.37. The monoisotopic (exact) mass is 331 g/mol. The Balaban J connectivity index is 2.00. The number of nitrogens with zero attached hydrogens (tertiary/aromatic N) is 1. The average Bonchev–Trinajstić information content (AvgIpc) is 3.00. The van der Waals surface area contributed by atoms with Gasteiger partial charge in [-0.05, 0) is 31.0 Å². The highest BCUT2D eigenvalue weighted by atomic mass is 32.1. The van der Waals surface area contributed by atoms with Crippen molar-refractivity contribution in [3.8, 4) is 0 Å². The predicted octanol–water partition coefficient (Wildman–Crippen LogP) is 3.44. The molecule has 0 aliphatic rings. The summed E-state index contributed by atoms with van der Waals surface area (Å²) in [7, 11) is 1.99. The lowest BCUT2D eigenvalue weighted by atomic mass is 10.2. The molecule has 0 fully saturated rings. The number of thiophene rings is 1. The molecule has 0 saturated heterocycles. The molecule has 2 rings (SSSR count). The molecule has 0 spiro atoms. The standard InChI is InChI=1S/C18H21NO3S/c1-14(20)11-18(21)22-16(17-9-6-10-23-17)13-19(2)12-15-7-4-3-5-8-15/h3-10,16H,11-13H2,1-2H3. The van der Waals surface area contributed by atoms with Crippen LogP contribution >= 0.6 is 11.3 Å². The van der Waals surface area contributed by atoms with Crippen LogP contribution in [0.5, 0.6) is 0 Å². The van der Waals surface area contributed by atoms with Gasteiger partial charge < -0.3 is 4.74 Å². The number of rotatable bonds is 8. The molecule has 5 heteroatoms. The average molecular weight is 331 g/mol. The second-order valence-electron chi connectivity index (χ2n) is 5.56. The third-order valence-corrected chi connectivity index (χ3v) is 4.26. The minimum atomic E-state index is -0.469. The molecule has 0 N–H and O–H groups in total. The number of likely N-dealkylation sites (N-methyl/N-ethyl adjacent to an activating group) is 1. The van der Waals surface area contributed by atoms with Crippen LogP contribution in [0.2, 0.25) is 0 Å². The number of esters is 1. The second-order valence-corrected chi connectivity index (χ2v) is 6.53. The fourth-order valence-corrected chi connectivity index (χ4v) is 3.05. The summed E-state index contributed by atoms with van der Waals surface area (Å²) in [6, 6.07) is 14.0. The summed E-state index contributed by atoms with van der Waals surface area (Å²) < 4.78 is 5.52. The summed E-state index contributed by atoms with van der Waals surface area (Å²) >= 11 is 1.55. The number of hydrogen-bond acceptors (Lipinski definition) is 5. The number of carbonyl (C=O) groups is 2. The Morgan fingerprint density at radius 1 is 1.17 bits per heavy atom. The van der Waals surface area contributed by atoms with E-state index in [2.05, 4.69) is 17.0 Å². The number of carbonyl (C=O) groups excluding carboxylic acids is 2. The summed E-state index contributed by atoms with van der Waals surface area (Å²) in [6.07, 6.45) is -0.528. The van der Waals surface area contributed by atoms with Gasteiger partial charge in [-0.2, -0.15) is 0 Å². The molecule has 0 aliphatic heterocycles. The van der Waals surface area contributed by atoms with Gasteiger partial charge in [0.1, 0.15) is 18.3 Å². The molecule has 2 aromatic rings. The zero-order valence-corrected chi connectivity index (χ0v) is 14.2. The van der Waals surface area contributed by atoms with Crippen LogP contribution in [0, 0.1) is 0 Å². The molecule has 0 saturated carbocycles. The highest BCUT2D eigenvalue weighted by molar-refractivity contribution is 7.10. The molecule has 4 nitrogen and oxygen atoms in total. The number of ketones is 1. The molecular formula is C18H21NO3S. The third-order valence-electron chi connectivity index (χ3n) is 3.30. The SMILES string of the molecule is CC(=O)CC(=O)OC(CN(C)Cc1ccccc1)c1cccs1. The molecule has 0 amide bonds. The van der Waals surface area contributed by atoms with Gasteiger partial charge in [-0.15, -0.1) is 11.3 Å². The van der Waals surface area contributed by atoms with Gasteiger partial charge in [0.05, 0.1) is 0 Å². The van der Waals surface area contributed by atoms with E-state index in [9.17, 15) is 9.59 Å². The topological polar surface area (TPSA) is 46.6 Å². The maximum Gasteiger partial charge on any atom is 0.313 e. The highest BCUT2D eigenvalue weighted by Gasteiger charge is 2.20. The Hall–Kier alpha value is -1.98. The largest absolute Gasteiger partial charge is 0.455 e. The Morgan fingerprint density at radius 3 is 2.52 bits per heavy atom. The van der Waals surface area contributed by atoms with Gasteiger partial charge in [0.15, 0.2) is 0 Å². The van der Waals surface area contributed by atoms with Gasteiger partial charge in [-0.3, -0.25) is 14.5 Å². The van der Waals surface area contributed by atoms with E-state index >= 15 is 0 Å². The molecule has 1 atom stereocenters. The molecule has 0 radical (unpaired) electrons. The molecule has 23 heavy (non-hydrogen) atoms. The van der Waals surface area contributed by atoms with Crippen LogP contribution in [0.25, 0.3) is 0 Å². The van der Waals surface area contributed by atoms with Crippen molar-refractivity contribution in [2.45, 2.75) is 26.0 Å². The van der Waals surface area contributed by atoms with Crippen LogP contribution < -0.4 is 0 Å². The molecule has 0 bridgehead atoms. The minimum Gasteiger partial charge on any atom is -0.455 e. The van der Waals surface area contributed by atoms with Gasteiger partial charge in [0.25, 0.3) is 0 Å². The van der Waals surface area contributed by atoms with Crippen LogP contribution in [0.15, 0.2) is 47.8 Å². The maximum atomic E-state index is 11.8. The number of benzene rings is 1. The zero-order valence-electron chi connectivity index (χ0n) is 13.4. The molecule has 1 unspecified atom stereocenters. The number of ether oxygens (including phenoxy) is 1. The van der Waals surface area contributed by atoms with Crippen LogP contribution in [0.4, 0.5) is 0 Å². The summed E-state index contributed by atoms with van der Waals surface area (Å²) in [5.41, 5.74) is 1.20. The minimum absolute atomic E-state index is 0.176. The molecule has 1 heterocycles. The maximum absolute atomic E-state index is 11.8. The number of hydrogen-bond donors (Lipinski definition) is 0. The van der Waals surface area contributed by atoms with Crippen molar-refractivity contribution in [1.29, 1.82) is 0 Å². The molecule has 1 aromatic heterocycles. The normalized spacial score (nSPS) is 12.1. The van der Waals surface area contributed by atoms with E-state index in [-0.39, 0.29) is 18.3 Å². The molecule has 1 aromatic carbocycles. The second kappa shape index (κ2) is 8.60. The van der Waals surface area contributed by atoms with Crippen LogP contribution in [-0.2, 0) is 20.9 Å². The zero-order chi connectivity index (χ0) is 16.7. The van der Waals surface area contributed by atoms with Gasteiger partial charge in [-0.25, -0.2) is 0 Å². The van der Waals surface area contributed by atoms with Crippen molar-refractivity contribution in [1.82, 2.24) is 4.90 Å². The summed E-state index contributed by atoms with van der Waals surface area (Å²) in [5.74, 6) is -0.651. The Labute approximate surface area is 140 Å². The van der Waals surface area contributed by atoms with Gasteiger partial charge in [0.2, 0.25) is 0 Å². The first-order valence-electron chi connectivity index (χ1n) is 7.49. The van der Waals surface area contributed by atoms with Crippen LogP contribution in [0.3, 0.4) is 0 Å². The fraction of sp³-hybridized carbons (Fsp3) is 0.333. The van der Waals surface area contributed by atoms with E-state index in [4.69, 9.17) is 4.74 Å². The quantitative estimate of drug-likeness (QED) is 0.549. The van der Waals surface area contributed by atoms with Crippen LogP contribution in [0.1, 0.15) is 29.9 Å². The van der Waals surface area contributed by atoms with Gasteiger partial charge in [-0.1, -0.05) is 36.4 Å². The van der Waals surface area contributed by atoms with E-state index < -0.39 is 5.97 Å². The van der Waals surface area contributed by atoms with E-state index in [1.165, 1.54) is 12.5 Å². The first kappa shape index (κ1) is 17.4. The molecule has 0 aliphatic carbocycles. The van der Waals surface area contributed by atoms with Crippen molar-refractivity contribution in [3.05, 3.63) is 58.3 Å². The predicted molar refractivity (Wildman–Crippen MR) is 91.2 cm³/mol. The van der Waals surface area contributed by atoms with Gasteiger partial charge in [0, 0.05) is 18.0 Å². The summed E-state index contributed by atoms with van der Waals surface area (Å²) in [6.45, 7) is 2.75. The van der Waals surface area contributed by atoms with E-state index in [1.807, 2.05) is 42.8 Å². The Kier molecular flexibility index (Phi) is 6.50. The smallest absolute Gasteiger partial charge is 0.313 e. The fourth-order valence-electron chi connectivity index (χ4n) is 2.31. The van der Waals surface area contributed by atoms with E-state index in [0.29, 0.717) is 6.54 Å². The third kappa shape index (κ3) is 5.96. The van der Waals surface area contributed by atoms with Crippen LogP contribution in [-0.4, -0.2) is 30.2 Å². The van der Waals surface area contributed by atoms with E-state index in [0.717, 1.165) is 11.4 Å². The molecule has 122 valence electrons. The first-order chi connectivity index (χ1) is 11.0. The van der Waals surface area contributed by atoms with Crippen molar-refractivity contribution < 1.29 is 14.3 Å². The van der Waals surface area contributed by atoms with E-state index in [1.54, 1.807) is 11.3 Å². The van der Waals surface area contributed by atoms with Crippen molar-refractivity contribution in [3.63, 3.8) is 0 Å². The van der Waals surface area contributed by atoms with Crippen molar-refractivity contribution >= 4 is 23.1 Å². The Bertz CT molecular complexity index is 625. The lowest BCUT2D eigenvalue weighted by Crippen LogP contribution is -2.27. The summed E-state index contributed by atoms with van der Waals surface area (Å²) in [5, 5.41) is 1.96. The summed E-state index contributed by atoms with van der Waals surface area (Å²) in [4.78, 5) is 26.0. The lowest BCUT2D eigenvalue weighted by molar-refractivity contribution is -0.151. The molecular weight excluding hydrogens is 310 g/mol. The van der Waals surface area contributed by atoms with Crippen molar-refractivity contribution in [2.75, 3.05) is 13.6 Å². The van der Waals surface area contributed by atoms with Gasteiger partial charge >= 0.3 is 5.97 Å². The Morgan fingerprint density at radius 2 is 1.91 bits per heavy atom. The lowest BCUT2D eigenvalue weighted by Gasteiger charge is -2.23.